The molecule has 2 nitrogen and oxygen atoms in total. The van der Waals surface area contributed by atoms with Crippen LogP contribution in [0.4, 0.5) is 34.1 Å². The Kier molecular flexibility index (Phi) is 9.47. The summed E-state index contributed by atoms with van der Waals surface area (Å²) in [6.45, 7) is 0. The normalized spacial score (nSPS) is 12.6. The van der Waals surface area contributed by atoms with Crippen molar-refractivity contribution in [1.29, 1.82) is 0 Å². The lowest BCUT2D eigenvalue weighted by molar-refractivity contribution is 0.794. The molecule has 12 aromatic rings. The van der Waals surface area contributed by atoms with Crippen molar-refractivity contribution in [3.05, 3.63) is 301 Å². The summed E-state index contributed by atoms with van der Waals surface area (Å²) >= 11 is 0. The first-order chi connectivity index (χ1) is 35.3. The van der Waals surface area contributed by atoms with Crippen LogP contribution in [0.5, 0.6) is 0 Å². The maximum absolute atomic E-state index is 2.54. The van der Waals surface area contributed by atoms with Crippen LogP contribution in [0.15, 0.2) is 279 Å². The number of hydrogen-bond acceptors (Lipinski definition) is 2. The summed E-state index contributed by atoms with van der Waals surface area (Å²) < 4.78 is 0. The molecule has 0 fully saturated rings. The predicted molar refractivity (Wildman–Crippen MR) is 298 cm³/mol. The molecule has 0 radical (unpaired) electrons. The smallest absolute Gasteiger partial charge is 0.0726 e. The second-order valence-electron chi connectivity index (χ2n) is 18.7. The van der Waals surface area contributed by atoms with Crippen molar-refractivity contribution in [2.45, 2.75) is 5.41 Å². The van der Waals surface area contributed by atoms with Crippen LogP contribution in [0.25, 0.3) is 66.1 Å². The zero-order chi connectivity index (χ0) is 46.9. The third-order valence-corrected chi connectivity index (χ3v) is 15.0. The number of anilines is 6. The largest absolute Gasteiger partial charge is 0.311 e. The van der Waals surface area contributed by atoms with Crippen molar-refractivity contribution in [1.82, 2.24) is 0 Å². The average Bonchev–Trinajstić information content (AvgIpc) is 3.91. The van der Waals surface area contributed by atoms with Gasteiger partial charge >= 0.3 is 0 Å². The molecule has 12 aromatic carbocycles. The quantitative estimate of drug-likeness (QED) is 0.140. The Morgan fingerprint density at radius 2 is 0.535 bits per heavy atom. The van der Waals surface area contributed by atoms with Gasteiger partial charge in [0, 0.05) is 34.1 Å². The van der Waals surface area contributed by atoms with Gasteiger partial charge in [0.1, 0.15) is 0 Å². The summed E-state index contributed by atoms with van der Waals surface area (Å²) in [6.07, 6.45) is 0. The molecule has 2 aliphatic carbocycles. The van der Waals surface area contributed by atoms with Gasteiger partial charge in [0.05, 0.1) is 5.41 Å². The monoisotopic (exact) mass is 902 g/mol. The van der Waals surface area contributed by atoms with Crippen LogP contribution in [0, 0.1) is 0 Å². The molecule has 0 saturated carbocycles. The van der Waals surface area contributed by atoms with E-state index >= 15 is 0 Å². The van der Waals surface area contributed by atoms with Gasteiger partial charge in [-0.15, -0.1) is 0 Å². The molecule has 0 N–H and O–H groups in total. The zero-order valence-electron chi connectivity index (χ0n) is 39.0. The third kappa shape index (κ3) is 6.28. The Hall–Kier alpha value is -9.24. The van der Waals surface area contributed by atoms with E-state index in [1.54, 1.807) is 0 Å². The molecule has 2 heteroatoms. The van der Waals surface area contributed by atoms with Crippen molar-refractivity contribution in [2.75, 3.05) is 9.80 Å². The number of nitrogens with zero attached hydrogens (tertiary/aromatic N) is 2. The lowest BCUT2D eigenvalue weighted by atomic mass is 9.70. The minimum absolute atomic E-state index is 0.572. The van der Waals surface area contributed by atoms with Gasteiger partial charge in [0.2, 0.25) is 0 Å². The molecule has 1 spiro atoms. The molecule has 0 aliphatic heterocycles. The fourth-order valence-electron chi connectivity index (χ4n) is 12.2. The molecule has 71 heavy (non-hydrogen) atoms. The molecule has 0 heterocycles. The van der Waals surface area contributed by atoms with Gasteiger partial charge in [-0.1, -0.05) is 200 Å². The second-order valence-corrected chi connectivity index (χ2v) is 18.7. The van der Waals surface area contributed by atoms with Crippen LogP contribution in [-0.2, 0) is 5.41 Å². The standard InChI is InChI=1S/C69H46N2/c1-5-21-47(22-6-1)67-59-31-13-15-33-61(59)68(62-34-16-14-32-60(62)67)48-37-43-57-58-44-42-54(46-66(58)69(65(57)45-48)63-35-19-17-29-55(63)56-30-18-20-36-64(56)69)71(51-27-11-4-12-28-51)53-40-38-52(39-41-53)70(49-23-7-2-8-24-49)50-25-9-3-10-26-50/h1-46H. The SMILES string of the molecule is c1ccc(-c2c3ccccc3c(-c3ccc4c(c3)C3(c5ccccc5-c5ccccc53)c3cc(N(c5ccccc5)c5ccc(N(c6ccccc6)c6ccccc6)cc5)ccc3-4)c3ccccc23)cc1. The summed E-state index contributed by atoms with van der Waals surface area (Å²) in [6, 6.07) is 103. The highest BCUT2D eigenvalue weighted by Crippen LogP contribution is 2.64. The third-order valence-electron chi connectivity index (χ3n) is 15.0. The predicted octanol–water partition coefficient (Wildman–Crippen LogP) is 18.6. The van der Waals surface area contributed by atoms with E-state index in [-0.39, 0.29) is 0 Å². The van der Waals surface area contributed by atoms with Gasteiger partial charge < -0.3 is 9.80 Å². The number of rotatable bonds is 8. The molecule has 0 atom stereocenters. The molecule has 0 bridgehead atoms. The zero-order valence-corrected chi connectivity index (χ0v) is 39.0. The second kappa shape index (κ2) is 16.5. The first kappa shape index (κ1) is 40.8. The Morgan fingerprint density at radius 1 is 0.211 bits per heavy atom. The minimum atomic E-state index is -0.572. The average molecular weight is 903 g/mol. The summed E-state index contributed by atoms with van der Waals surface area (Å²) in [5.41, 5.74) is 21.4. The van der Waals surface area contributed by atoms with Gasteiger partial charge in [-0.05, 0) is 167 Å². The van der Waals surface area contributed by atoms with Gasteiger partial charge in [-0.2, -0.15) is 0 Å². The minimum Gasteiger partial charge on any atom is -0.311 e. The fourth-order valence-corrected chi connectivity index (χ4v) is 12.2. The van der Waals surface area contributed by atoms with Crippen molar-refractivity contribution in [3.8, 4) is 44.5 Å². The maximum Gasteiger partial charge on any atom is 0.0726 e. The summed E-state index contributed by atoms with van der Waals surface area (Å²) in [5, 5.41) is 5.02. The molecule has 14 rings (SSSR count). The summed E-state index contributed by atoms with van der Waals surface area (Å²) in [4.78, 5) is 4.74. The van der Waals surface area contributed by atoms with Gasteiger partial charge in [0.15, 0.2) is 0 Å². The van der Waals surface area contributed by atoms with Crippen molar-refractivity contribution >= 4 is 55.7 Å². The Bertz CT molecular complexity index is 3830. The molecule has 0 saturated heterocycles. The molecule has 0 amide bonds. The Morgan fingerprint density at radius 3 is 1.01 bits per heavy atom. The first-order valence-corrected chi connectivity index (χ1v) is 24.6. The van der Waals surface area contributed by atoms with E-state index in [1.165, 1.54) is 88.3 Å². The van der Waals surface area contributed by atoms with Gasteiger partial charge in [-0.3, -0.25) is 0 Å². The molecule has 332 valence electrons. The number of benzene rings is 12. The van der Waals surface area contributed by atoms with Crippen LogP contribution in [0.1, 0.15) is 22.3 Å². The maximum atomic E-state index is 2.54. The highest BCUT2D eigenvalue weighted by molar-refractivity contribution is 6.21. The Balaban J connectivity index is 0.981. The van der Waals surface area contributed by atoms with Crippen LogP contribution in [0.2, 0.25) is 0 Å². The highest BCUT2D eigenvalue weighted by atomic mass is 15.2. The van der Waals surface area contributed by atoms with E-state index in [4.69, 9.17) is 0 Å². The van der Waals surface area contributed by atoms with Crippen molar-refractivity contribution in [3.63, 3.8) is 0 Å². The van der Waals surface area contributed by atoms with Crippen molar-refractivity contribution in [2.24, 2.45) is 0 Å². The van der Waals surface area contributed by atoms with E-state index in [0.29, 0.717) is 0 Å². The van der Waals surface area contributed by atoms with E-state index < -0.39 is 5.41 Å². The topological polar surface area (TPSA) is 6.48 Å². The first-order valence-electron chi connectivity index (χ1n) is 24.6. The Labute approximate surface area is 414 Å². The van der Waals surface area contributed by atoms with Gasteiger partial charge in [0.25, 0.3) is 0 Å². The number of hydrogen-bond donors (Lipinski definition) is 0. The molecular formula is C69H46N2. The summed E-state index contributed by atoms with van der Waals surface area (Å²) in [7, 11) is 0. The number of fused-ring (bicyclic) bond motifs is 12. The van der Waals surface area contributed by atoms with Crippen molar-refractivity contribution < 1.29 is 0 Å². The lowest BCUT2D eigenvalue weighted by Gasteiger charge is -2.32. The van der Waals surface area contributed by atoms with Crippen LogP contribution >= 0.6 is 0 Å². The number of para-hydroxylation sites is 3. The van der Waals surface area contributed by atoms with E-state index in [0.717, 1.165) is 34.1 Å². The molecule has 0 unspecified atom stereocenters. The summed E-state index contributed by atoms with van der Waals surface area (Å²) in [5.74, 6) is 0. The van der Waals surface area contributed by atoms with E-state index in [1.807, 2.05) is 0 Å². The van der Waals surface area contributed by atoms with Crippen LogP contribution < -0.4 is 9.80 Å². The molecule has 0 aromatic heterocycles. The van der Waals surface area contributed by atoms with E-state index in [9.17, 15) is 0 Å². The fraction of sp³-hybridized carbons (Fsp3) is 0.0145. The molecular weight excluding hydrogens is 857 g/mol. The molecule has 2 aliphatic rings. The lowest BCUT2D eigenvalue weighted by Crippen LogP contribution is -2.26. The van der Waals surface area contributed by atoms with Gasteiger partial charge in [-0.25, -0.2) is 0 Å². The van der Waals surface area contributed by atoms with Crippen LogP contribution in [-0.4, -0.2) is 0 Å². The van der Waals surface area contributed by atoms with Crippen LogP contribution in [0.3, 0.4) is 0 Å². The highest BCUT2D eigenvalue weighted by Gasteiger charge is 2.52. The van der Waals surface area contributed by atoms with E-state index in [2.05, 4.69) is 289 Å².